The minimum atomic E-state index is -0.0282. The number of benzodiazepines with no additional fused rings is 1. The highest BCUT2D eigenvalue weighted by atomic mass is 35.5. The van der Waals surface area contributed by atoms with Gasteiger partial charge in [0.05, 0.1) is 22.8 Å². The van der Waals surface area contributed by atoms with Gasteiger partial charge < -0.3 is 14.7 Å². The standard InChI is InChI=1S/C17H19ClN2S.C16H13ClN2O/c1-19(2)10-5-11-20-14-6-3-4-7-16(14)21-17-9-8-13(18)12-15(17)20;1-19-14-8-7-12(17)9-13(14)16(18-10-15(19)20)11-5-3-2-4-6-11/h3-4,6-9,12H,5,10-11H2,1-2H3;2-9H,10H2,1H3. The van der Waals surface area contributed by atoms with Crippen LogP contribution in [0.1, 0.15) is 17.5 Å². The van der Waals surface area contributed by atoms with E-state index in [0.29, 0.717) is 5.02 Å². The second-order valence-corrected chi connectivity index (χ2v) is 12.1. The van der Waals surface area contributed by atoms with Gasteiger partial charge in [-0.2, -0.15) is 0 Å². The number of rotatable bonds is 5. The fraction of sp³-hybridized carbons (Fsp3) is 0.212. The van der Waals surface area contributed by atoms with Gasteiger partial charge in [0.1, 0.15) is 6.54 Å². The maximum absolute atomic E-state index is 12.0. The van der Waals surface area contributed by atoms with Gasteiger partial charge >= 0.3 is 0 Å². The summed E-state index contributed by atoms with van der Waals surface area (Å²) in [6, 6.07) is 30.1. The number of anilines is 3. The summed E-state index contributed by atoms with van der Waals surface area (Å²) in [7, 11) is 5.99. The molecule has 0 aliphatic carbocycles. The van der Waals surface area contributed by atoms with Crippen molar-refractivity contribution in [3.05, 3.63) is 112 Å². The van der Waals surface area contributed by atoms with Crippen molar-refractivity contribution >= 4 is 63.6 Å². The Labute approximate surface area is 256 Å². The number of nitrogens with zero attached hydrogens (tertiary/aromatic N) is 4. The summed E-state index contributed by atoms with van der Waals surface area (Å²) in [5.74, 6) is -0.0282. The highest BCUT2D eigenvalue weighted by Crippen LogP contribution is 2.48. The Morgan fingerprint density at radius 1 is 0.829 bits per heavy atom. The molecule has 0 spiro atoms. The lowest BCUT2D eigenvalue weighted by Gasteiger charge is -2.33. The molecule has 0 unspecified atom stereocenters. The summed E-state index contributed by atoms with van der Waals surface area (Å²) in [6.07, 6.45) is 1.12. The Balaban J connectivity index is 0.000000165. The smallest absolute Gasteiger partial charge is 0.248 e. The molecular weight excluding hydrogens is 571 g/mol. The Morgan fingerprint density at radius 2 is 1.51 bits per heavy atom. The molecule has 8 heteroatoms. The van der Waals surface area contributed by atoms with Crippen LogP contribution in [-0.2, 0) is 4.79 Å². The van der Waals surface area contributed by atoms with E-state index < -0.39 is 0 Å². The van der Waals surface area contributed by atoms with Gasteiger partial charge in [0, 0.05) is 44.6 Å². The van der Waals surface area contributed by atoms with Crippen molar-refractivity contribution in [3.8, 4) is 0 Å². The molecule has 0 N–H and O–H groups in total. The van der Waals surface area contributed by atoms with E-state index in [-0.39, 0.29) is 12.5 Å². The zero-order chi connectivity index (χ0) is 28.9. The summed E-state index contributed by atoms with van der Waals surface area (Å²) < 4.78 is 0. The first-order chi connectivity index (χ1) is 19.8. The number of aliphatic imine (C=N–C) groups is 1. The van der Waals surface area contributed by atoms with Crippen LogP contribution in [0.5, 0.6) is 0 Å². The van der Waals surface area contributed by atoms with E-state index in [2.05, 4.69) is 65.3 Å². The molecule has 2 aliphatic rings. The summed E-state index contributed by atoms with van der Waals surface area (Å²) >= 11 is 14.1. The average Bonchev–Trinajstić information content (AvgIpc) is 3.09. The monoisotopic (exact) mass is 602 g/mol. The summed E-state index contributed by atoms with van der Waals surface area (Å²) in [6.45, 7) is 2.23. The third-order valence-electron chi connectivity index (χ3n) is 6.94. The highest BCUT2D eigenvalue weighted by molar-refractivity contribution is 7.99. The van der Waals surface area contributed by atoms with Crippen LogP contribution >= 0.6 is 35.0 Å². The third-order valence-corrected chi connectivity index (χ3v) is 8.54. The van der Waals surface area contributed by atoms with Gasteiger partial charge in [-0.25, -0.2) is 0 Å². The number of hydrogen-bond donors (Lipinski definition) is 0. The Hall–Kier alpha value is -3.29. The topological polar surface area (TPSA) is 39.1 Å². The number of hydrogen-bond acceptors (Lipinski definition) is 5. The molecule has 0 bridgehead atoms. The number of para-hydroxylation sites is 1. The first kappa shape index (κ1) is 29.2. The van der Waals surface area contributed by atoms with Crippen LogP contribution in [0.4, 0.5) is 17.1 Å². The molecule has 0 radical (unpaired) electrons. The number of benzene rings is 4. The van der Waals surface area contributed by atoms with Gasteiger partial charge in [-0.15, -0.1) is 0 Å². The lowest BCUT2D eigenvalue weighted by atomic mass is 10.0. The molecule has 0 saturated carbocycles. The zero-order valence-electron chi connectivity index (χ0n) is 23.3. The summed E-state index contributed by atoms with van der Waals surface area (Å²) in [5, 5.41) is 1.43. The van der Waals surface area contributed by atoms with Gasteiger partial charge in [0.2, 0.25) is 5.91 Å². The van der Waals surface area contributed by atoms with Crippen molar-refractivity contribution in [2.24, 2.45) is 4.99 Å². The van der Waals surface area contributed by atoms with E-state index in [0.717, 1.165) is 47.1 Å². The molecule has 41 heavy (non-hydrogen) atoms. The largest absolute Gasteiger partial charge is 0.340 e. The van der Waals surface area contributed by atoms with Crippen LogP contribution in [0.3, 0.4) is 0 Å². The van der Waals surface area contributed by atoms with Crippen molar-refractivity contribution in [1.29, 1.82) is 0 Å². The van der Waals surface area contributed by atoms with Crippen LogP contribution in [0.15, 0.2) is 106 Å². The van der Waals surface area contributed by atoms with E-state index in [1.54, 1.807) is 18.0 Å². The van der Waals surface area contributed by atoms with E-state index >= 15 is 0 Å². The van der Waals surface area contributed by atoms with Gasteiger partial charge in [0.15, 0.2) is 0 Å². The van der Waals surface area contributed by atoms with Gasteiger partial charge in [0.25, 0.3) is 0 Å². The van der Waals surface area contributed by atoms with E-state index in [4.69, 9.17) is 23.2 Å². The average molecular weight is 604 g/mol. The molecule has 0 fully saturated rings. The minimum Gasteiger partial charge on any atom is -0.340 e. The quantitative estimate of drug-likeness (QED) is 0.232. The second-order valence-electron chi connectivity index (χ2n) is 10.1. The van der Waals surface area contributed by atoms with E-state index in [1.165, 1.54) is 21.2 Å². The Kier molecular flexibility index (Phi) is 9.35. The number of fused-ring (bicyclic) bond motifs is 3. The van der Waals surface area contributed by atoms with Gasteiger partial charge in [-0.3, -0.25) is 9.79 Å². The third kappa shape index (κ3) is 6.79. The van der Waals surface area contributed by atoms with Crippen molar-refractivity contribution in [2.45, 2.75) is 16.2 Å². The molecule has 0 saturated heterocycles. The van der Waals surface area contributed by atoms with Gasteiger partial charge in [-0.1, -0.05) is 77.4 Å². The molecule has 2 aliphatic heterocycles. The van der Waals surface area contributed by atoms with Gasteiger partial charge in [-0.05, 0) is 75.6 Å². The first-order valence-corrected chi connectivity index (χ1v) is 15.0. The van der Waals surface area contributed by atoms with E-state index in [9.17, 15) is 4.79 Å². The molecule has 4 aromatic carbocycles. The van der Waals surface area contributed by atoms with Crippen LogP contribution in [0.2, 0.25) is 10.0 Å². The number of carbonyl (C=O) groups excluding carboxylic acids is 1. The van der Waals surface area contributed by atoms with Crippen molar-refractivity contribution < 1.29 is 4.79 Å². The number of carbonyl (C=O) groups is 1. The van der Waals surface area contributed by atoms with Crippen LogP contribution < -0.4 is 9.80 Å². The lowest BCUT2D eigenvalue weighted by molar-refractivity contribution is -0.116. The lowest BCUT2D eigenvalue weighted by Crippen LogP contribution is -2.27. The molecule has 5 nitrogen and oxygen atoms in total. The predicted octanol–water partition coefficient (Wildman–Crippen LogP) is 8.05. The second kappa shape index (κ2) is 13.1. The van der Waals surface area contributed by atoms with Crippen molar-refractivity contribution in [1.82, 2.24) is 4.90 Å². The number of halogens is 2. The SMILES string of the molecule is CN(C)CCCN1c2ccccc2Sc2ccc(Cl)cc21.CN1C(=O)CN=C(c2ccccc2)c2cc(Cl)ccc21. The molecule has 2 heterocycles. The fourth-order valence-electron chi connectivity index (χ4n) is 4.89. The number of amides is 1. The normalized spacial score (nSPS) is 13.9. The molecule has 6 rings (SSSR count). The van der Waals surface area contributed by atoms with E-state index in [1.807, 2.05) is 60.3 Å². The zero-order valence-corrected chi connectivity index (χ0v) is 25.7. The maximum atomic E-state index is 12.0. The minimum absolute atomic E-state index is 0.0282. The summed E-state index contributed by atoms with van der Waals surface area (Å²) in [4.78, 5) is 25.4. The van der Waals surface area contributed by atoms with Crippen LogP contribution in [-0.4, -0.2) is 57.3 Å². The van der Waals surface area contributed by atoms with Crippen molar-refractivity contribution in [3.63, 3.8) is 0 Å². The Morgan fingerprint density at radius 3 is 2.29 bits per heavy atom. The van der Waals surface area contributed by atoms with Crippen LogP contribution in [0, 0.1) is 0 Å². The highest BCUT2D eigenvalue weighted by Gasteiger charge is 2.24. The number of likely N-dealkylation sites (N-methyl/N-ethyl adjacent to an activating group) is 1. The van der Waals surface area contributed by atoms with Crippen LogP contribution in [0.25, 0.3) is 0 Å². The molecule has 4 aromatic rings. The molecule has 0 aromatic heterocycles. The maximum Gasteiger partial charge on any atom is 0.248 e. The Bertz CT molecular complexity index is 1580. The summed E-state index contributed by atoms with van der Waals surface area (Å²) in [5.41, 5.74) is 6.03. The first-order valence-electron chi connectivity index (χ1n) is 13.5. The molecular formula is C33H32Cl2N4OS. The fourth-order valence-corrected chi connectivity index (χ4v) is 6.31. The molecule has 210 valence electrons. The predicted molar refractivity (Wildman–Crippen MR) is 174 cm³/mol. The molecule has 0 atom stereocenters. The molecule has 1 amide bonds. The van der Waals surface area contributed by atoms with Crippen molar-refractivity contribution in [2.75, 3.05) is 50.6 Å².